The van der Waals surface area contributed by atoms with Gasteiger partial charge in [-0.25, -0.2) is 0 Å². The molecule has 4 rings (SSSR count). The molecule has 0 aromatic rings. The molecule has 4 fully saturated rings. The number of aliphatic hydroxyl groups excluding tert-OH is 1. The highest BCUT2D eigenvalue weighted by atomic mass is 79.9. The highest BCUT2D eigenvalue weighted by Crippen LogP contribution is 2.71. The molecule has 3 heteroatoms. The molecule has 0 radical (unpaired) electrons. The molecule has 0 amide bonds. The summed E-state index contributed by atoms with van der Waals surface area (Å²) in [5.74, 6) is 5.26. The Labute approximate surface area is 203 Å². The van der Waals surface area contributed by atoms with Crippen LogP contribution in [0.15, 0.2) is 0 Å². The van der Waals surface area contributed by atoms with Crippen LogP contribution >= 0.6 is 31.9 Å². The molecule has 4 saturated carbocycles. The Hall–Kier alpha value is 0.920. The normalized spacial score (nSPS) is 51.9. The molecule has 0 aromatic carbocycles. The van der Waals surface area contributed by atoms with Crippen molar-refractivity contribution in [2.45, 2.75) is 121 Å². The minimum atomic E-state index is -0.134. The SMILES string of the molecule is CC(C)CCC[C@@H](C)C1CC[C@H]2[C@@H]3C[C@@H](Br)[C@@]4(Br)C[C@@H](O)CC[C@]4(C)[C@H]3CC[C@]12C. The van der Waals surface area contributed by atoms with Crippen LogP contribution in [0.1, 0.15) is 105 Å². The second-order valence-electron chi connectivity index (χ2n) is 12.8. The third-order valence-electron chi connectivity index (χ3n) is 10.9. The molecule has 0 aliphatic heterocycles. The van der Waals surface area contributed by atoms with Crippen LogP contribution in [-0.2, 0) is 0 Å². The first kappa shape index (κ1) is 24.1. The van der Waals surface area contributed by atoms with Gasteiger partial charge >= 0.3 is 0 Å². The molecule has 0 heterocycles. The number of rotatable bonds is 5. The van der Waals surface area contributed by atoms with E-state index in [0.29, 0.717) is 15.7 Å². The first-order valence-corrected chi connectivity index (χ1v) is 14.7. The van der Waals surface area contributed by atoms with Gasteiger partial charge in [-0.3, -0.25) is 0 Å². The van der Waals surface area contributed by atoms with Gasteiger partial charge in [0.15, 0.2) is 0 Å². The second-order valence-corrected chi connectivity index (χ2v) is 15.3. The van der Waals surface area contributed by atoms with Crippen molar-refractivity contribution in [1.29, 1.82) is 0 Å². The first-order chi connectivity index (χ1) is 14.0. The smallest absolute Gasteiger partial charge is 0.0554 e. The molecule has 1 N–H and O–H groups in total. The van der Waals surface area contributed by atoms with Crippen molar-refractivity contribution < 1.29 is 5.11 Å². The zero-order valence-electron chi connectivity index (χ0n) is 20.1. The van der Waals surface area contributed by atoms with Crippen LogP contribution in [0.3, 0.4) is 0 Å². The molecule has 10 atom stereocenters. The third kappa shape index (κ3) is 3.71. The lowest BCUT2D eigenvalue weighted by Gasteiger charge is -2.65. The van der Waals surface area contributed by atoms with Crippen LogP contribution in [0.25, 0.3) is 0 Å². The lowest BCUT2D eigenvalue weighted by atomic mass is 9.44. The molecular formula is C27H46Br2O. The highest BCUT2D eigenvalue weighted by molar-refractivity contribution is 9.12. The van der Waals surface area contributed by atoms with Crippen LogP contribution in [-0.4, -0.2) is 20.4 Å². The molecule has 174 valence electrons. The van der Waals surface area contributed by atoms with Gasteiger partial charge in [0, 0.05) is 9.15 Å². The van der Waals surface area contributed by atoms with Gasteiger partial charge in [-0.05, 0) is 97.7 Å². The molecule has 0 spiro atoms. The fourth-order valence-electron chi connectivity index (χ4n) is 9.19. The summed E-state index contributed by atoms with van der Waals surface area (Å²) in [4.78, 5) is 0.482. The standard InChI is InChI=1S/C27H46Br2O/c1-17(2)7-6-8-18(3)21-9-10-22-20-15-24(28)27(29)16-19(30)11-14-26(27,5)23(20)12-13-25(21,22)4/h17-24,30H,6-16H2,1-5H3/t18-,19+,20+,21?,22+,23+,24-,25-,26-,27+/m1/s1. The Bertz CT molecular complexity index is 622. The Morgan fingerprint density at radius 3 is 2.40 bits per heavy atom. The van der Waals surface area contributed by atoms with E-state index in [4.69, 9.17) is 0 Å². The predicted octanol–water partition coefficient (Wildman–Crippen LogP) is 8.36. The number of aliphatic hydroxyl groups is 1. The zero-order chi connectivity index (χ0) is 21.9. The summed E-state index contributed by atoms with van der Waals surface area (Å²) >= 11 is 8.41. The summed E-state index contributed by atoms with van der Waals surface area (Å²) in [5, 5.41) is 10.5. The Balaban J connectivity index is 1.53. The van der Waals surface area contributed by atoms with Crippen LogP contribution in [0.2, 0.25) is 0 Å². The molecule has 4 aliphatic carbocycles. The molecular weight excluding hydrogens is 500 g/mol. The van der Waals surface area contributed by atoms with E-state index in [1.54, 1.807) is 0 Å². The van der Waals surface area contributed by atoms with Crippen LogP contribution in [0, 0.1) is 46.3 Å². The van der Waals surface area contributed by atoms with E-state index in [-0.39, 0.29) is 10.4 Å². The largest absolute Gasteiger partial charge is 0.393 e. The number of alkyl halides is 2. The van der Waals surface area contributed by atoms with Gasteiger partial charge in [-0.15, -0.1) is 0 Å². The van der Waals surface area contributed by atoms with Crippen LogP contribution in [0.5, 0.6) is 0 Å². The van der Waals surface area contributed by atoms with E-state index in [1.165, 1.54) is 57.8 Å². The molecule has 4 aliphatic rings. The van der Waals surface area contributed by atoms with Gasteiger partial charge in [0.2, 0.25) is 0 Å². The minimum Gasteiger partial charge on any atom is -0.393 e. The fourth-order valence-corrected chi connectivity index (χ4v) is 11.4. The summed E-state index contributed by atoms with van der Waals surface area (Å²) in [5.41, 5.74) is 0.869. The quantitative estimate of drug-likeness (QED) is 0.344. The van der Waals surface area contributed by atoms with Crippen molar-refractivity contribution in [3.8, 4) is 0 Å². The lowest BCUT2D eigenvalue weighted by molar-refractivity contribution is -0.111. The van der Waals surface area contributed by atoms with Crippen LogP contribution in [0.4, 0.5) is 0 Å². The zero-order valence-corrected chi connectivity index (χ0v) is 23.3. The van der Waals surface area contributed by atoms with Crippen LogP contribution < -0.4 is 0 Å². The average molecular weight is 546 g/mol. The second kappa shape index (κ2) is 8.61. The predicted molar refractivity (Wildman–Crippen MR) is 135 cm³/mol. The number of hydrogen-bond donors (Lipinski definition) is 1. The van der Waals surface area contributed by atoms with Crippen molar-refractivity contribution in [2.24, 2.45) is 46.3 Å². The van der Waals surface area contributed by atoms with Gasteiger partial charge in [-0.1, -0.05) is 85.7 Å². The highest BCUT2D eigenvalue weighted by Gasteiger charge is 2.66. The van der Waals surface area contributed by atoms with E-state index in [0.717, 1.165) is 48.3 Å². The maximum atomic E-state index is 10.5. The monoisotopic (exact) mass is 544 g/mol. The van der Waals surface area contributed by atoms with Crippen molar-refractivity contribution in [1.82, 2.24) is 0 Å². The Morgan fingerprint density at radius 2 is 1.70 bits per heavy atom. The van der Waals surface area contributed by atoms with Crippen molar-refractivity contribution >= 4 is 31.9 Å². The topological polar surface area (TPSA) is 20.2 Å². The summed E-state index contributed by atoms with van der Waals surface area (Å²) in [6, 6.07) is 0. The van der Waals surface area contributed by atoms with Gasteiger partial charge in [0.25, 0.3) is 0 Å². The van der Waals surface area contributed by atoms with Crippen molar-refractivity contribution in [2.75, 3.05) is 0 Å². The van der Waals surface area contributed by atoms with E-state index in [9.17, 15) is 5.11 Å². The van der Waals surface area contributed by atoms with E-state index in [2.05, 4.69) is 66.5 Å². The Morgan fingerprint density at radius 1 is 0.967 bits per heavy atom. The number of fused-ring (bicyclic) bond motifs is 5. The Kier molecular flexibility index (Phi) is 6.90. The number of halogens is 2. The molecule has 0 aromatic heterocycles. The van der Waals surface area contributed by atoms with Gasteiger partial charge in [-0.2, -0.15) is 0 Å². The minimum absolute atomic E-state index is 0.0642. The first-order valence-electron chi connectivity index (χ1n) is 13.0. The third-order valence-corrected chi connectivity index (χ3v) is 14.5. The van der Waals surface area contributed by atoms with E-state index >= 15 is 0 Å². The lowest BCUT2D eigenvalue weighted by Crippen LogP contribution is -2.64. The molecule has 0 bridgehead atoms. The summed E-state index contributed by atoms with van der Waals surface area (Å²) in [6.07, 6.45) is 14.3. The molecule has 1 nitrogen and oxygen atoms in total. The fraction of sp³-hybridized carbons (Fsp3) is 1.00. The maximum Gasteiger partial charge on any atom is 0.0554 e. The number of hydrogen-bond acceptors (Lipinski definition) is 1. The molecule has 30 heavy (non-hydrogen) atoms. The van der Waals surface area contributed by atoms with Gasteiger partial charge in [0.05, 0.1) is 6.10 Å². The van der Waals surface area contributed by atoms with E-state index < -0.39 is 0 Å². The summed E-state index contributed by atoms with van der Waals surface area (Å²) in [6.45, 7) is 12.6. The van der Waals surface area contributed by atoms with Gasteiger partial charge < -0.3 is 5.11 Å². The van der Waals surface area contributed by atoms with E-state index in [1.807, 2.05) is 0 Å². The molecule has 0 saturated heterocycles. The van der Waals surface area contributed by atoms with Crippen molar-refractivity contribution in [3.63, 3.8) is 0 Å². The average Bonchev–Trinajstić information content (AvgIpc) is 3.01. The van der Waals surface area contributed by atoms with Crippen molar-refractivity contribution in [3.05, 3.63) is 0 Å². The summed E-state index contributed by atoms with van der Waals surface area (Å²) in [7, 11) is 0. The molecule has 1 unspecified atom stereocenters. The summed E-state index contributed by atoms with van der Waals surface area (Å²) < 4.78 is 0.0642. The maximum absolute atomic E-state index is 10.5. The van der Waals surface area contributed by atoms with Gasteiger partial charge in [0.1, 0.15) is 0 Å².